The van der Waals surface area contributed by atoms with Crippen LogP contribution in [0.1, 0.15) is 12.0 Å². The highest BCUT2D eigenvalue weighted by Crippen LogP contribution is 2.13. The standard InChI is InChI=1S/C10H12BrNO2/c11-10-5-2-1-4-9(10)8-12-14-7-3-6-13/h1-2,4-5,8,13H,3,6-7H2/b12-8+. The Kier molecular flexibility index (Phi) is 5.25. The SMILES string of the molecule is OCCCO/N=C/c1ccccc1Br. The molecule has 3 nitrogen and oxygen atoms in total. The number of nitrogens with zero attached hydrogens (tertiary/aromatic N) is 1. The van der Waals surface area contributed by atoms with Gasteiger partial charge in [0.2, 0.25) is 0 Å². The number of aliphatic hydroxyl groups is 1. The van der Waals surface area contributed by atoms with Crippen molar-refractivity contribution >= 4 is 22.1 Å². The predicted molar refractivity (Wildman–Crippen MR) is 59.4 cm³/mol. The summed E-state index contributed by atoms with van der Waals surface area (Å²) < 4.78 is 0.981. The van der Waals surface area contributed by atoms with E-state index in [2.05, 4.69) is 21.1 Å². The lowest BCUT2D eigenvalue weighted by Crippen LogP contribution is -1.92. The van der Waals surface area contributed by atoms with Gasteiger partial charge in [-0.05, 0) is 6.07 Å². The van der Waals surface area contributed by atoms with Gasteiger partial charge in [-0.3, -0.25) is 0 Å². The van der Waals surface area contributed by atoms with Crippen LogP contribution in [0.2, 0.25) is 0 Å². The third-order valence-corrected chi connectivity index (χ3v) is 2.29. The molecule has 0 amide bonds. The summed E-state index contributed by atoms with van der Waals surface area (Å²) in [6.07, 6.45) is 2.24. The Bertz CT molecular complexity index is 302. The first-order valence-corrected chi connectivity index (χ1v) is 5.14. The summed E-state index contributed by atoms with van der Waals surface area (Å²) >= 11 is 3.39. The van der Waals surface area contributed by atoms with Crippen LogP contribution in [0, 0.1) is 0 Å². The van der Waals surface area contributed by atoms with E-state index in [4.69, 9.17) is 9.94 Å². The molecule has 1 aromatic rings. The van der Waals surface area contributed by atoms with Gasteiger partial charge in [-0.25, -0.2) is 0 Å². The van der Waals surface area contributed by atoms with Crippen LogP contribution in [-0.4, -0.2) is 24.5 Å². The maximum atomic E-state index is 8.49. The average Bonchev–Trinajstić information content (AvgIpc) is 2.20. The number of hydrogen-bond acceptors (Lipinski definition) is 3. The molecule has 0 aromatic heterocycles. The molecule has 0 spiro atoms. The smallest absolute Gasteiger partial charge is 0.119 e. The molecule has 0 fully saturated rings. The second kappa shape index (κ2) is 6.56. The first-order chi connectivity index (χ1) is 6.84. The fraction of sp³-hybridized carbons (Fsp3) is 0.300. The Morgan fingerprint density at radius 1 is 1.43 bits per heavy atom. The Labute approximate surface area is 91.5 Å². The van der Waals surface area contributed by atoms with Crippen molar-refractivity contribution in [1.82, 2.24) is 0 Å². The molecule has 4 heteroatoms. The lowest BCUT2D eigenvalue weighted by atomic mass is 10.2. The fourth-order valence-corrected chi connectivity index (χ4v) is 1.24. The minimum atomic E-state index is 0.130. The van der Waals surface area contributed by atoms with Gasteiger partial charge in [0.05, 0.1) is 6.21 Å². The van der Waals surface area contributed by atoms with Crippen molar-refractivity contribution in [2.24, 2.45) is 5.16 Å². The Morgan fingerprint density at radius 3 is 2.93 bits per heavy atom. The molecule has 0 saturated heterocycles. The molecular formula is C10H12BrNO2. The topological polar surface area (TPSA) is 41.8 Å². The van der Waals surface area contributed by atoms with E-state index in [1.54, 1.807) is 6.21 Å². The molecule has 0 aliphatic carbocycles. The van der Waals surface area contributed by atoms with Gasteiger partial charge in [-0.1, -0.05) is 39.3 Å². The first kappa shape index (κ1) is 11.2. The van der Waals surface area contributed by atoms with Crippen molar-refractivity contribution in [1.29, 1.82) is 0 Å². The Balaban J connectivity index is 2.40. The second-order valence-corrected chi connectivity index (χ2v) is 3.52. The van der Waals surface area contributed by atoms with E-state index < -0.39 is 0 Å². The fourth-order valence-electron chi connectivity index (χ4n) is 0.856. The zero-order valence-corrected chi connectivity index (χ0v) is 9.27. The van der Waals surface area contributed by atoms with Gasteiger partial charge >= 0.3 is 0 Å². The normalized spacial score (nSPS) is 10.7. The van der Waals surface area contributed by atoms with Gasteiger partial charge in [-0.2, -0.15) is 0 Å². The van der Waals surface area contributed by atoms with Crippen molar-refractivity contribution in [2.75, 3.05) is 13.2 Å². The third-order valence-electron chi connectivity index (χ3n) is 1.57. The van der Waals surface area contributed by atoms with E-state index >= 15 is 0 Å². The molecule has 76 valence electrons. The highest BCUT2D eigenvalue weighted by molar-refractivity contribution is 9.10. The number of aliphatic hydroxyl groups excluding tert-OH is 1. The van der Waals surface area contributed by atoms with Crippen LogP contribution in [0.15, 0.2) is 33.9 Å². The minimum Gasteiger partial charge on any atom is -0.396 e. The molecular weight excluding hydrogens is 246 g/mol. The lowest BCUT2D eigenvalue weighted by Gasteiger charge is -1.97. The van der Waals surface area contributed by atoms with Gasteiger partial charge in [0.1, 0.15) is 6.61 Å². The summed E-state index contributed by atoms with van der Waals surface area (Å²) in [5.41, 5.74) is 0.969. The quantitative estimate of drug-likeness (QED) is 0.499. The zero-order valence-electron chi connectivity index (χ0n) is 7.69. The summed E-state index contributed by atoms with van der Waals surface area (Å²) in [7, 11) is 0. The summed E-state index contributed by atoms with van der Waals surface area (Å²) in [4.78, 5) is 4.92. The van der Waals surface area contributed by atoms with E-state index in [9.17, 15) is 0 Å². The summed E-state index contributed by atoms with van der Waals surface area (Å²) in [6, 6.07) is 7.74. The molecule has 1 aromatic carbocycles. The van der Waals surface area contributed by atoms with Gasteiger partial charge < -0.3 is 9.94 Å². The molecule has 0 atom stereocenters. The van der Waals surface area contributed by atoms with E-state index in [1.165, 1.54) is 0 Å². The lowest BCUT2D eigenvalue weighted by molar-refractivity contribution is 0.125. The molecule has 0 radical (unpaired) electrons. The van der Waals surface area contributed by atoms with Gasteiger partial charge in [0.25, 0.3) is 0 Å². The van der Waals surface area contributed by atoms with Crippen molar-refractivity contribution in [3.63, 3.8) is 0 Å². The van der Waals surface area contributed by atoms with Crippen LogP contribution in [0.4, 0.5) is 0 Å². The first-order valence-electron chi connectivity index (χ1n) is 4.35. The molecule has 1 rings (SSSR count). The molecule has 0 saturated carbocycles. The van der Waals surface area contributed by atoms with Crippen LogP contribution in [-0.2, 0) is 4.84 Å². The highest BCUT2D eigenvalue weighted by Gasteiger charge is 1.93. The number of halogens is 1. The molecule has 0 bridgehead atoms. The van der Waals surface area contributed by atoms with Crippen molar-refractivity contribution in [3.05, 3.63) is 34.3 Å². The van der Waals surface area contributed by atoms with Crippen molar-refractivity contribution < 1.29 is 9.94 Å². The number of hydrogen-bond donors (Lipinski definition) is 1. The van der Waals surface area contributed by atoms with E-state index in [0.29, 0.717) is 13.0 Å². The van der Waals surface area contributed by atoms with Crippen molar-refractivity contribution in [2.45, 2.75) is 6.42 Å². The van der Waals surface area contributed by atoms with Gasteiger partial charge in [0.15, 0.2) is 0 Å². The Morgan fingerprint density at radius 2 is 2.21 bits per heavy atom. The molecule has 0 heterocycles. The second-order valence-electron chi connectivity index (χ2n) is 2.67. The number of oxime groups is 1. The highest BCUT2D eigenvalue weighted by atomic mass is 79.9. The van der Waals surface area contributed by atoms with E-state index in [-0.39, 0.29) is 6.61 Å². The number of rotatable bonds is 5. The zero-order chi connectivity index (χ0) is 10.2. The summed E-state index contributed by atoms with van der Waals surface area (Å²) in [5, 5.41) is 12.3. The van der Waals surface area contributed by atoms with Crippen LogP contribution < -0.4 is 0 Å². The summed E-state index contributed by atoms with van der Waals surface area (Å²) in [6.45, 7) is 0.571. The van der Waals surface area contributed by atoms with Gasteiger partial charge in [-0.15, -0.1) is 0 Å². The largest absolute Gasteiger partial charge is 0.396 e. The molecule has 0 aliphatic heterocycles. The maximum Gasteiger partial charge on any atom is 0.119 e. The predicted octanol–water partition coefficient (Wildman–Crippen LogP) is 2.18. The molecule has 0 aliphatic rings. The Hall–Kier alpha value is -0.870. The van der Waals surface area contributed by atoms with Crippen LogP contribution in [0.3, 0.4) is 0 Å². The van der Waals surface area contributed by atoms with Crippen molar-refractivity contribution in [3.8, 4) is 0 Å². The molecule has 1 N–H and O–H groups in total. The van der Waals surface area contributed by atoms with Gasteiger partial charge in [0, 0.05) is 23.1 Å². The summed E-state index contributed by atoms with van der Waals surface area (Å²) in [5.74, 6) is 0. The third kappa shape index (κ3) is 3.89. The van der Waals surface area contributed by atoms with E-state index in [0.717, 1.165) is 10.0 Å². The average molecular weight is 258 g/mol. The van der Waals surface area contributed by atoms with E-state index in [1.807, 2.05) is 24.3 Å². The monoisotopic (exact) mass is 257 g/mol. The number of benzene rings is 1. The van der Waals surface area contributed by atoms with Crippen LogP contribution >= 0.6 is 15.9 Å². The van der Waals surface area contributed by atoms with Crippen LogP contribution in [0.5, 0.6) is 0 Å². The molecule has 0 unspecified atom stereocenters. The maximum absolute atomic E-state index is 8.49. The molecule has 14 heavy (non-hydrogen) atoms. The van der Waals surface area contributed by atoms with Crippen LogP contribution in [0.25, 0.3) is 0 Å². The minimum absolute atomic E-state index is 0.130.